The summed E-state index contributed by atoms with van der Waals surface area (Å²) >= 11 is 0. The molecule has 0 aromatic heterocycles. The minimum Gasteiger partial charge on any atom is -0.493 e. The van der Waals surface area contributed by atoms with Crippen molar-refractivity contribution in [2.24, 2.45) is 5.73 Å². The molecule has 1 atom stereocenters. The van der Waals surface area contributed by atoms with Crippen LogP contribution < -0.4 is 10.5 Å². The van der Waals surface area contributed by atoms with Crippen LogP contribution in [0, 0.1) is 0 Å². The minimum atomic E-state index is -4.16. The third-order valence-electron chi connectivity index (χ3n) is 3.27. The van der Waals surface area contributed by atoms with Gasteiger partial charge in [-0.05, 0) is 18.4 Å². The van der Waals surface area contributed by atoms with Crippen molar-refractivity contribution in [1.29, 1.82) is 0 Å². The topological polar surface area (TPSA) is 44.5 Å². The number of hydrogen-bond acceptors (Lipinski definition) is 3. The molecule has 0 aliphatic carbocycles. The summed E-state index contributed by atoms with van der Waals surface area (Å²) in [4.78, 5) is 0. The summed E-state index contributed by atoms with van der Waals surface area (Å²) in [6.45, 7) is -1.06. The maximum Gasteiger partial charge on any atom is 0.330 e. The quantitative estimate of drug-likeness (QED) is 0.822. The Balaban J connectivity index is 1.97. The van der Waals surface area contributed by atoms with Crippen LogP contribution in [0.2, 0.25) is 0 Å². The van der Waals surface area contributed by atoms with Crippen molar-refractivity contribution in [1.82, 2.24) is 0 Å². The van der Waals surface area contributed by atoms with Crippen molar-refractivity contribution >= 4 is 0 Å². The molecule has 1 aliphatic rings. The van der Waals surface area contributed by atoms with E-state index < -0.39 is 25.0 Å². The number of para-hydroxylation sites is 1. The second kappa shape index (κ2) is 6.62. The molecule has 0 radical (unpaired) electrons. The Kier molecular flexibility index (Phi) is 5.05. The lowest BCUT2D eigenvalue weighted by Crippen LogP contribution is -2.33. The molecule has 0 saturated heterocycles. The van der Waals surface area contributed by atoms with Crippen molar-refractivity contribution in [3.63, 3.8) is 0 Å². The zero-order valence-corrected chi connectivity index (χ0v) is 11.3. The Labute approximate surface area is 120 Å². The molecular weight excluding hydrogens is 290 g/mol. The molecule has 1 aliphatic heterocycles. The summed E-state index contributed by atoms with van der Waals surface area (Å²) in [5.41, 5.74) is 7.54. The summed E-state index contributed by atoms with van der Waals surface area (Å²) in [5.74, 6) is -3.51. The number of rotatable bonds is 6. The van der Waals surface area contributed by atoms with Crippen LogP contribution in [0.3, 0.4) is 0 Å². The Bertz CT molecular complexity index is 482. The molecule has 21 heavy (non-hydrogen) atoms. The highest BCUT2D eigenvalue weighted by atomic mass is 19.3. The second-order valence-corrected chi connectivity index (χ2v) is 4.97. The molecule has 3 nitrogen and oxygen atoms in total. The van der Waals surface area contributed by atoms with E-state index in [0.717, 1.165) is 18.4 Å². The van der Waals surface area contributed by atoms with E-state index in [1.807, 2.05) is 6.07 Å². The van der Waals surface area contributed by atoms with E-state index in [0.29, 0.717) is 17.9 Å². The second-order valence-electron chi connectivity index (χ2n) is 4.97. The van der Waals surface area contributed by atoms with Gasteiger partial charge in [0.2, 0.25) is 0 Å². The molecule has 2 N–H and O–H groups in total. The van der Waals surface area contributed by atoms with E-state index in [9.17, 15) is 17.6 Å². The average Bonchev–Trinajstić information content (AvgIpc) is 2.46. The minimum absolute atomic E-state index is 0.276. The molecule has 7 heteroatoms. The highest BCUT2D eigenvalue weighted by Crippen LogP contribution is 2.32. The molecule has 1 aromatic rings. The number of alkyl halides is 4. The van der Waals surface area contributed by atoms with Crippen molar-refractivity contribution < 1.29 is 27.0 Å². The summed E-state index contributed by atoms with van der Waals surface area (Å²) in [6.07, 6.45) is -1.98. The number of fused-ring (bicyclic) bond motifs is 1. The molecule has 0 fully saturated rings. The fourth-order valence-electron chi connectivity index (χ4n) is 2.18. The van der Waals surface area contributed by atoms with Gasteiger partial charge in [-0.25, -0.2) is 8.78 Å². The summed E-state index contributed by atoms with van der Waals surface area (Å²) in [5, 5.41) is 0. The van der Waals surface area contributed by atoms with E-state index in [2.05, 4.69) is 4.74 Å². The fourth-order valence-corrected chi connectivity index (χ4v) is 2.18. The van der Waals surface area contributed by atoms with Gasteiger partial charge in [0.1, 0.15) is 12.4 Å². The first kappa shape index (κ1) is 16.0. The van der Waals surface area contributed by atoms with Gasteiger partial charge in [-0.2, -0.15) is 8.78 Å². The first-order chi connectivity index (χ1) is 9.92. The van der Waals surface area contributed by atoms with Crippen LogP contribution >= 0.6 is 0 Å². The number of ether oxygens (including phenoxy) is 2. The van der Waals surface area contributed by atoms with Gasteiger partial charge in [0.25, 0.3) is 0 Å². The van der Waals surface area contributed by atoms with Gasteiger partial charge in [-0.3, -0.25) is 0 Å². The highest BCUT2D eigenvalue weighted by Gasteiger charge is 2.41. The first-order valence-corrected chi connectivity index (χ1v) is 6.65. The normalized spacial score (nSPS) is 16.5. The van der Waals surface area contributed by atoms with Crippen LogP contribution in [-0.4, -0.2) is 32.2 Å². The predicted octanol–water partition coefficient (Wildman–Crippen LogP) is 2.93. The summed E-state index contributed by atoms with van der Waals surface area (Å²) in [7, 11) is 0. The molecule has 1 unspecified atom stereocenters. The lowest BCUT2D eigenvalue weighted by atomic mass is 9.99. The Hall–Kier alpha value is -1.34. The van der Waals surface area contributed by atoms with Gasteiger partial charge >= 0.3 is 12.3 Å². The Morgan fingerprint density at radius 1 is 1.33 bits per heavy atom. The lowest BCUT2D eigenvalue weighted by Gasteiger charge is -2.23. The number of halogens is 4. The van der Waals surface area contributed by atoms with Crippen LogP contribution in [0.1, 0.15) is 23.6 Å². The van der Waals surface area contributed by atoms with Crippen LogP contribution in [0.5, 0.6) is 5.75 Å². The average molecular weight is 307 g/mol. The zero-order chi connectivity index (χ0) is 15.5. The number of benzene rings is 1. The number of hydrogen-bond donors (Lipinski definition) is 1. The van der Waals surface area contributed by atoms with Crippen molar-refractivity contribution in [2.45, 2.75) is 31.2 Å². The summed E-state index contributed by atoms with van der Waals surface area (Å²) in [6, 6.07) is 4.74. The Morgan fingerprint density at radius 2 is 2.10 bits per heavy atom. The summed E-state index contributed by atoms with van der Waals surface area (Å²) < 4.78 is 59.7. The van der Waals surface area contributed by atoms with Gasteiger partial charge in [-0.1, -0.05) is 18.2 Å². The molecular formula is C14H17F4NO2. The van der Waals surface area contributed by atoms with Crippen LogP contribution in [0.25, 0.3) is 0 Å². The number of nitrogens with two attached hydrogens (primary N) is 1. The Morgan fingerprint density at radius 3 is 2.81 bits per heavy atom. The fraction of sp³-hybridized carbons (Fsp3) is 0.571. The highest BCUT2D eigenvalue weighted by molar-refractivity contribution is 5.44. The maximum atomic E-state index is 12.7. The molecule has 0 amide bonds. The third kappa shape index (κ3) is 3.85. The first-order valence-electron chi connectivity index (χ1n) is 6.65. The van der Waals surface area contributed by atoms with Gasteiger partial charge in [0.15, 0.2) is 0 Å². The van der Waals surface area contributed by atoms with Gasteiger partial charge in [-0.15, -0.1) is 0 Å². The zero-order valence-electron chi connectivity index (χ0n) is 11.3. The van der Waals surface area contributed by atoms with Crippen LogP contribution in [-0.2, 0) is 11.2 Å². The predicted molar refractivity (Wildman–Crippen MR) is 69.0 cm³/mol. The van der Waals surface area contributed by atoms with Crippen molar-refractivity contribution in [3.05, 3.63) is 29.3 Å². The van der Waals surface area contributed by atoms with Crippen LogP contribution in [0.4, 0.5) is 17.6 Å². The van der Waals surface area contributed by atoms with Crippen molar-refractivity contribution in [2.75, 3.05) is 19.8 Å². The lowest BCUT2D eigenvalue weighted by molar-refractivity contribution is -0.166. The van der Waals surface area contributed by atoms with Gasteiger partial charge < -0.3 is 15.2 Å². The van der Waals surface area contributed by atoms with E-state index >= 15 is 0 Å². The molecule has 0 saturated carbocycles. The van der Waals surface area contributed by atoms with Crippen LogP contribution in [0.15, 0.2) is 18.2 Å². The van der Waals surface area contributed by atoms with E-state index in [1.165, 1.54) is 0 Å². The van der Waals surface area contributed by atoms with Gasteiger partial charge in [0.05, 0.1) is 19.3 Å². The van der Waals surface area contributed by atoms with E-state index in [-0.39, 0.29) is 6.61 Å². The third-order valence-corrected chi connectivity index (χ3v) is 3.27. The SMILES string of the molecule is NC(COCC(F)(F)C(F)F)c1cccc2c1OCCC2. The largest absolute Gasteiger partial charge is 0.493 e. The molecule has 118 valence electrons. The molecule has 0 bridgehead atoms. The standard InChI is InChI=1S/C14H17F4NO2/c15-13(16)14(17,18)8-20-7-11(19)10-5-1-3-9-4-2-6-21-12(9)10/h1,3,5,11,13H,2,4,6-8,19H2. The smallest absolute Gasteiger partial charge is 0.330 e. The number of aryl methyl sites for hydroxylation is 1. The molecule has 2 rings (SSSR count). The molecule has 0 spiro atoms. The van der Waals surface area contributed by atoms with E-state index in [1.54, 1.807) is 12.1 Å². The molecule has 1 heterocycles. The van der Waals surface area contributed by atoms with Crippen molar-refractivity contribution in [3.8, 4) is 5.75 Å². The molecule has 1 aromatic carbocycles. The van der Waals surface area contributed by atoms with Gasteiger partial charge in [0, 0.05) is 5.56 Å². The monoisotopic (exact) mass is 307 g/mol. The van der Waals surface area contributed by atoms with E-state index in [4.69, 9.17) is 10.5 Å². The maximum absolute atomic E-state index is 12.7.